The van der Waals surface area contributed by atoms with E-state index in [2.05, 4.69) is 16.1 Å². The molecule has 0 amide bonds. The van der Waals surface area contributed by atoms with E-state index < -0.39 is 10.4 Å². The molecule has 0 aromatic rings. The zero-order chi connectivity index (χ0) is 8.62. The lowest BCUT2D eigenvalue weighted by atomic mass is 11.4. The first-order valence-corrected chi connectivity index (χ1v) is 3.09. The molecule has 0 unspecified atom stereocenters. The van der Waals surface area contributed by atoms with Gasteiger partial charge in [0.1, 0.15) is 0 Å². The van der Waals surface area contributed by atoms with Crippen molar-refractivity contribution in [2.24, 2.45) is 16.1 Å². The molecular formula is CH6N4O4S. The summed E-state index contributed by atoms with van der Waals surface area (Å²) in [5.74, 6) is 4.49. The normalized spacial score (nSPS) is 10.2. The molecule has 0 bridgehead atoms. The second-order valence-electron chi connectivity index (χ2n) is 0.841. The molecule has 0 atom stereocenters. The second-order valence-corrected chi connectivity index (χ2v) is 1.74. The Hall–Kier alpha value is -1.06. The molecule has 0 spiro atoms. The SMILES string of the molecule is N=NC=NN.O=S(=O)(O)O. The van der Waals surface area contributed by atoms with E-state index in [0.29, 0.717) is 0 Å². The summed E-state index contributed by atoms with van der Waals surface area (Å²) in [6.45, 7) is 0. The number of hydrogen-bond acceptors (Lipinski definition) is 5. The van der Waals surface area contributed by atoms with Gasteiger partial charge in [0.15, 0.2) is 6.34 Å². The maximum atomic E-state index is 8.74. The number of rotatable bonds is 1. The Morgan fingerprint density at radius 3 is 1.80 bits per heavy atom. The molecule has 0 rings (SSSR count). The van der Waals surface area contributed by atoms with E-state index >= 15 is 0 Å². The van der Waals surface area contributed by atoms with Crippen LogP contribution in [-0.4, -0.2) is 23.9 Å². The van der Waals surface area contributed by atoms with Crippen LogP contribution in [-0.2, 0) is 10.4 Å². The fraction of sp³-hybridized carbons (Fsp3) is 0. The van der Waals surface area contributed by atoms with Crippen molar-refractivity contribution in [3.05, 3.63) is 0 Å². The first-order chi connectivity index (χ1) is 4.41. The van der Waals surface area contributed by atoms with E-state index in [1.165, 1.54) is 0 Å². The van der Waals surface area contributed by atoms with E-state index in [9.17, 15) is 0 Å². The van der Waals surface area contributed by atoms with Crippen LogP contribution < -0.4 is 5.84 Å². The lowest BCUT2D eigenvalue weighted by molar-refractivity contribution is 0.381. The molecule has 0 radical (unpaired) electrons. The van der Waals surface area contributed by atoms with E-state index in [4.69, 9.17) is 23.1 Å². The molecule has 0 aliphatic heterocycles. The first kappa shape index (κ1) is 11.7. The molecule has 0 heterocycles. The Labute approximate surface area is 56.8 Å². The summed E-state index contributed by atoms with van der Waals surface area (Å²) in [4.78, 5) is 0. The van der Waals surface area contributed by atoms with Crippen LogP contribution >= 0.6 is 0 Å². The molecule has 0 saturated heterocycles. The lowest BCUT2D eigenvalue weighted by Gasteiger charge is -1.68. The summed E-state index contributed by atoms with van der Waals surface area (Å²) in [6.07, 6.45) is 0.944. The van der Waals surface area contributed by atoms with Crippen LogP contribution in [0.25, 0.3) is 0 Å². The highest BCUT2D eigenvalue weighted by molar-refractivity contribution is 7.79. The number of hydrogen-bond donors (Lipinski definition) is 4. The van der Waals surface area contributed by atoms with E-state index in [1.807, 2.05) is 0 Å². The molecule has 0 aromatic carbocycles. The van der Waals surface area contributed by atoms with E-state index in [1.54, 1.807) is 0 Å². The summed E-state index contributed by atoms with van der Waals surface area (Å²) in [6, 6.07) is 0. The highest BCUT2D eigenvalue weighted by Gasteiger charge is 1.84. The summed E-state index contributed by atoms with van der Waals surface area (Å²) in [5.41, 5.74) is 6.00. The molecule has 0 aliphatic rings. The van der Waals surface area contributed by atoms with Crippen molar-refractivity contribution in [1.82, 2.24) is 0 Å². The third kappa shape index (κ3) is 277. The minimum atomic E-state index is -4.67. The maximum Gasteiger partial charge on any atom is 0.394 e. The van der Waals surface area contributed by atoms with Crippen LogP contribution in [0.5, 0.6) is 0 Å². The zero-order valence-electron chi connectivity index (χ0n) is 4.67. The van der Waals surface area contributed by atoms with Gasteiger partial charge in [0.05, 0.1) is 0 Å². The van der Waals surface area contributed by atoms with Gasteiger partial charge in [0.25, 0.3) is 0 Å². The maximum absolute atomic E-state index is 8.74. The van der Waals surface area contributed by atoms with Gasteiger partial charge < -0.3 is 5.84 Å². The fourth-order valence-electron chi connectivity index (χ4n) is 0.0333. The Morgan fingerprint density at radius 1 is 1.50 bits per heavy atom. The van der Waals surface area contributed by atoms with Crippen LogP contribution in [0.2, 0.25) is 0 Å². The fourth-order valence-corrected chi connectivity index (χ4v) is 0.0333. The van der Waals surface area contributed by atoms with Crippen molar-refractivity contribution in [2.75, 3.05) is 0 Å². The van der Waals surface area contributed by atoms with Gasteiger partial charge >= 0.3 is 10.4 Å². The van der Waals surface area contributed by atoms with Crippen LogP contribution in [0.1, 0.15) is 0 Å². The van der Waals surface area contributed by atoms with Crippen molar-refractivity contribution >= 4 is 16.7 Å². The molecule has 5 N–H and O–H groups in total. The molecule has 0 aromatic heterocycles. The summed E-state index contributed by atoms with van der Waals surface area (Å²) in [7, 11) is -4.67. The number of hydrazone groups is 1. The predicted molar refractivity (Wildman–Crippen MR) is 32.0 cm³/mol. The van der Waals surface area contributed by atoms with Crippen molar-refractivity contribution in [1.29, 1.82) is 5.53 Å². The Bertz CT molecular complexity index is 185. The monoisotopic (exact) mass is 170 g/mol. The van der Waals surface area contributed by atoms with Gasteiger partial charge in [-0.1, -0.05) is 0 Å². The smallest absolute Gasteiger partial charge is 0.322 e. The third-order valence-corrected chi connectivity index (χ3v) is 0.124. The summed E-state index contributed by atoms with van der Waals surface area (Å²) < 4.78 is 31.6. The topological polar surface area (TPSA) is 149 Å². The molecule has 60 valence electrons. The standard InChI is InChI=1S/CH4N4.H2O4S/c2-4-1-5-3;1-5(2,3)4/h1-2H,3H2;(H2,1,2,3,4). The van der Waals surface area contributed by atoms with E-state index in [0.717, 1.165) is 6.34 Å². The average Bonchev–Trinajstić information content (AvgIpc) is 1.63. The minimum Gasteiger partial charge on any atom is -0.322 e. The Balaban J connectivity index is 0. The van der Waals surface area contributed by atoms with Gasteiger partial charge in [-0.3, -0.25) is 9.11 Å². The highest BCUT2D eigenvalue weighted by Crippen LogP contribution is 1.59. The average molecular weight is 170 g/mol. The van der Waals surface area contributed by atoms with Crippen molar-refractivity contribution in [3.63, 3.8) is 0 Å². The summed E-state index contributed by atoms with van der Waals surface area (Å²) >= 11 is 0. The van der Waals surface area contributed by atoms with Gasteiger partial charge in [-0.05, 0) is 0 Å². The van der Waals surface area contributed by atoms with E-state index in [-0.39, 0.29) is 0 Å². The Morgan fingerprint density at radius 2 is 1.80 bits per heavy atom. The first-order valence-electron chi connectivity index (χ1n) is 1.70. The quantitative estimate of drug-likeness (QED) is 0.102. The predicted octanol–water partition coefficient (Wildman–Crippen LogP) is -0.733. The third-order valence-electron chi connectivity index (χ3n) is 0.124. The van der Waals surface area contributed by atoms with Crippen LogP contribution in [0, 0.1) is 5.53 Å². The van der Waals surface area contributed by atoms with Crippen molar-refractivity contribution < 1.29 is 17.5 Å². The zero-order valence-corrected chi connectivity index (χ0v) is 5.48. The second kappa shape index (κ2) is 6.07. The van der Waals surface area contributed by atoms with Crippen LogP contribution in [0.4, 0.5) is 0 Å². The lowest BCUT2D eigenvalue weighted by Crippen LogP contribution is -1.89. The molecule has 0 aliphatic carbocycles. The van der Waals surface area contributed by atoms with Gasteiger partial charge in [0, 0.05) is 0 Å². The molecule has 9 heteroatoms. The Kier molecular flexibility index (Phi) is 7.10. The molecule has 0 saturated carbocycles. The van der Waals surface area contributed by atoms with Crippen LogP contribution in [0.3, 0.4) is 0 Å². The largest absolute Gasteiger partial charge is 0.394 e. The number of nitrogens with two attached hydrogens (primary N) is 1. The number of nitrogens with one attached hydrogen (secondary N) is 1. The summed E-state index contributed by atoms with van der Waals surface area (Å²) in [5, 5.41) is 5.56. The molecule has 0 fully saturated rings. The van der Waals surface area contributed by atoms with Gasteiger partial charge in [-0.2, -0.15) is 13.5 Å². The minimum absolute atomic E-state index is 0.944. The number of nitrogens with zero attached hydrogens (tertiary/aromatic N) is 2. The van der Waals surface area contributed by atoms with Crippen molar-refractivity contribution in [2.45, 2.75) is 0 Å². The van der Waals surface area contributed by atoms with Crippen molar-refractivity contribution in [3.8, 4) is 0 Å². The van der Waals surface area contributed by atoms with Gasteiger partial charge in [0.2, 0.25) is 0 Å². The highest BCUT2D eigenvalue weighted by atomic mass is 32.3. The molecule has 10 heavy (non-hydrogen) atoms. The van der Waals surface area contributed by atoms with Crippen LogP contribution in [0.15, 0.2) is 10.2 Å². The molecular weight excluding hydrogens is 164 g/mol. The van der Waals surface area contributed by atoms with Gasteiger partial charge in [-0.25, -0.2) is 5.53 Å². The molecule has 8 nitrogen and oxygen atoms in total. The van der Waals surface area contributed by atoms with Gasteiger partial charge in [-0.15, -0.1) is 5.11 Å².